The van der Waals surface area contributed by atoms with Gasteiger partial charge in [-0.15, -0.1) is 10.2 Å². The van der Waals surface area contributed by atoms with Gasteiger partial charge in [0.25, 0.3) is 5.91 Å². The summed E-state index contributed by atoms with van der Waals surface area (Å²) in [7, 11) is -3.65. The Bertz CT molecular complexity index is 1810. The Morgan fingerprint density at radius 3 is 2.08 bits per heavy atom. The zero-order valence-corrected chi connectivity index (χ0v) is 28.8. The highest BCUT2D eigenvalue weighted by atomic mass is 32.2. The lowest BCUT2D eigenvalue weighted by atomic mass is 10.2. The third-order valence-corrected chi connectivity index (χ3v) is 9.98. The summed E-state index contributed by atoms with van der Waals surface area (Å²) < 4.78 is 39.3. The molecule has 4 aromatic rings. The van der Waals surface area contributed by atoms with Crippen molar-refractivity contribution in [3.63, 3.8) is 0 Å². The molecule has 2 N–H and O–H groups in total. The van der Waals surface area contributed by atoms with Crippen LogP contribution in [0, 0.1) is 0 Å². The van der Waals surface area contributed by atoms with E-state index in [0.29, 0.717) is 53.4 Å². The largest absolute Gasteiger partial charge is 0.494 e. The number of esters is 1. The first-order chi connectivity index (χ1) is 23.1. The van der Waals surface area contributed by atoms with Crippen LogP contribution in [0.4, 0.5) is 5.69 Å². The van der Waals surface area contributed by atoms with Gasteiger partial charge in [-0.3, -0.25) is 14.2 Å². The number of hydrogen-bond acceptors (Lipinski definition) is 10. The Kier molecular flexibility index (Phi) is 12.7. The Morgan fingerprint density at radius 2 is 1.48 bits per heavy atom. The van der Waals surface area contributed by atoms with E-state index < -0.39 is 21.9 Å². The average molecular weight is 695 g/mol. The molecule has 0 bridgehead atoms. The van der Waals surface area contributed by atoms with Gasteiger partial charge >= 0.3 is 5.97 Å². The summed E-state index contributed by atoms with van der Waals surface area (Å²) in [6, 6.07) is 19.4. The summed E-state index contributed by atoms with van der Waals surface area (Å²) in [5.41, 5.74) is 1.87. The summed E-state index contributed by atoms with van der Waals surface area (Å²) >= 11 is 1.16. The predicted molar refractivity (Wildman–Crippen MR) is 182 cm³/mol. The van der Waals surface area contributed by atoms with Gasteiger partial charge in [0.05, 0.1) is 36.0 Å². The highest BCUT2D eigenvalue weighted by Gasteiger charge is 2.22. The smallest absolute Gasteiger partial charge is 0.338 e. The molecular formula is C33H38N6O7S2. The molecule has 0 radical (unpaired) electrons. The first-order valence-corrected chi connectivity index (χ1v) is 17.8. The van der Waals surface area contributed by atoms with Gasteiger partial charge in [0.1, 0.15) is 5.75 Å². The Hall–Kier alpha value is -4.73. The van der Waals surface area contributed by atoms with Crippen LogP contribution >= 0.6 is 11.8 Å². The molecule has 0 aliphatic heterocycles. The predicted octanol–water partition coefficient (Wildman–Crippen LogP) is 4.53. The molecule has 13 nitrogen and oxygen atoms in total. The minimum atomic E-state index is -3.65. The monoisotopic (exact) mass is 694 g/mol. The lowest BCUT2D eigenvalue weighted by Gasteiger charge is -2.18. The number of carbonyl (C=O) groups is 3. The number of carbonyl (C=O) groups excluding carboxylic acids is 3. The first kappa shape index (κ1) is 36.1. The summed E-state index contributed by atoms with van der Waals surface area (Å²) in [6.07, 6.45) is 0. The third kappa shape index (κ3) is 8.99. The van der Waals surface area contributed by atoms with Gasteiger partial charge in [0, 0.05) is 30.0 Å². The Balaban J connectivity index is 1.47. The number of ether oxygens (including phenoxy) is 2. The molecule has 0 spiro atoms. The summed E-state index contributed by atoms with van der Waals surface area (Å²) in [6.45, 7) is 8.61. The summed E-state index contributed by atoms with van der Waals surface area (Å²) in [5.74, 6) is -0.0733. The number of hydrogen-bond donors (Lipinski definition) is 2. The van der Waals surface area contributed by atoms with E-state index in [2.05, 4.69) is 20.8 Å². The summed E-state index contributed by atoms with van der Waals surface area (Å²) in [4.78, 5) is 37.9. The van der Waals surface area contributed by atoms with Crippen LogP contribution in [0.5, 0.6) is 5.75 Å². The number of benzene rings is 3. The highest BCUT2D eigenvalue weighted by molar-refractivity contribution is 7.99. The van der Waals surface area contributed by atoms with Crippen molar-refractivity contribution in [2.75, 3.05) is 37.4 Å². The molecule has 254 valence electrons. The van der Waals surface area contributed by atoms with Crippen LogP contribution in [0.15, 0.2) is 82.8 Å². The van der Waals surface area contributed by atoms with E-state index in [-0.39, 0.29) is 35.3 Å². The molecule has 3 aromatic carbocycles. The second-order valence-electron chi connectivity index (χ2n) is 10.1. The van der Waals surface area contributed by atoms with E-state index >= 15 is 0 Å². The topological polar surface area (TPSA) is 162 Å². The molecule has 0 saturated heterocycles. The molecule has 1 heterocycles. The van der Waals surface area contributed by atoms with Crippen molar-refractivity contribution >= 4 is 45.3 Å². The Labute approximate surface area is 284 Å². The van der Waals surface area contributed by atoms with E-state index in [9.17, 15) is 22.8 Å². The van der Waals surface area contributed by atoms with Crippen molar-refractivity contribution in [3.8, 4) is 11.4 Å². The summed E-state index contributed by atoms with van der Waals surface area (Å²) in [5, 5.41) is 14.6. The molecule has 0 atom stereocenters. The second kappa shape index (κ2) is 16.9. The van der Waals surface area contributed by atoms with Crippen molar-refractivity contribution in [3.05, 3.63) is 89.7 Å². The molecule has 48 heavy (non-hydrogen) atoms. The lowest BCUT2D eigenvalue weighted by Crippen LogP contribution is -2.30. The van der Waals surface area contributed by atoms with Crippen LogP contribution in [-0.2, 0) is 26.1 Å². The van der Waals surface area contributed by atoms with Crippen molar-refractivity contribution in [1.82, 2.24) is 24.4 Å². The van der Waals surface area contributed by atoms with Crippen molar-refractivity contribution in [2.45, 2.75) is 44.3 Å². The van der Waals surface area contributed by atoms with Gasteiger partial charge < -0.3 is 20.1 Å². The normalized spacial score (nSPS) is 11.3. The maximum Gasteiger partial charge on any atom is 0.338 e. The van der Waals surface area contributed by atoms with E-state index in [1.807, 2.05) is 19.1 Å². The van der Waals surface area contributed by atoms with Gasteiger partial charge in [0.2, 0.25) is 15.9 Å². The van der Waals surface area contributed by atoms with Crippen molar-refractivity contribution in [1.29, 1.82) is 0 Å². The quantitative estimate of drug-likeness (QED) is 0.126. The number of rotatable bonds is 16. The standard InChI is InChI=1S/C33H38N6O7S2/c1-5-38(6-2)48(43,44)28-19-11-23(12-20-28)31(41)34-21-29-36-37-33(39(29)26-15-17-27(18-16-26)45-7-3)47-22-30(40)35-25-13-9-24(10-14-25)32(42)46-8-4/h9-20H,5-8,21-22H2,1-4H3,(H,34,41)(H,35,40). The molecule has 2 amide bonds. The number of amides is 2. The van der Waals surface area contributed by atoms with Gasteiger partial charge in [-0.2, -0.15) is 4.31 Å². The number of nitrogens with one attached hydrogen (secondary N) is 2. The van der Waals surface area contributed by atoms with Crippen molar-refractivity contribution < 1.29 is 32.3 Å². The molecule has 0 aliphatic rings. The third-order valence-electron chi connectivity index (χ3n) is 6.99. The van der Waals surface area contributed by atoms with E-state index in [1.165, 1.54) is 28.6 Å². The van der Waals surface area contributed by atoms with Gasteiger partial charge in [-0.05, 0) is 86.6 Å². The maximum atomic E-state index is 13.0. The number of sulfonamides is 1. The molecule has 4 rings (SSSR count). The van der Waals surface area contributed by atoms with E-state index in [1.54, 1.807) is 61.7 Å². The van der Waals surface area contributed by atoms with Crippen LogP contribution in [0.3, 0.4) is 0 Å². The fraction of sp³-hybridized carbons (Fsp3) is 0.303. The van der Waals surface area contributed by atoms with Crippen LogP contribution in [0.25, 0.3) is 5.69 Å². The minimum Gasteiger partial charge on any atom is -0.494 e. The number of anilines is 1. The van der Waals surface area contributed by atoms with Crippen LogP contribution in [-0.4, -0.2) is 77.3 Å². The van der Waals surface area contributed by atoms with E-state index in [4.69, 9.17) is 9.47 Å². The molecule has 0 aliphatic carbocycles. The molecular weight excluding hydrogens is 657 g/mol. The Morgan fingerprint density at radius 1 is 0.833 bits per heavy atom. The molecule has 1 aromatic heterocycles. The van der Waals surface area contributed by atoms with Crippen LogP contribution < -0.4 is 15.4 Å². The fourth-order valence-electron chi connectivity index (χ4n) is 4.61. The molecule has 15 heteroatoms. The number of nitrogens with zero attached hydrogens (tertiary/aromatic N) is 4. The first-order valence-electron chi connectivity index (χ1n) is 15.4. The second-order valence-corrected chi connectivity index (χ2v) is 13.0. The SMILES string of the molecule is CCOC(=O)c1ccc(NC(=O)CSc2nnc(CNC(=O)c3ccc(S(=O)(=O)N(CC)CC)cc3)n2-c2ccc(OCC)cc2)cc1. The van der Waals surface area contributed by atoms with Gasteiger partial charge in [0.15, 0.2) is 11.0 Å². The zero-order chi connectivity index (χ0) is 34.7. The zero-order valence-electron chi connectivity index (χ0n) is 27.1. The molecule has 0 unspecified atom stereocenters. The van der Waals surface area contributed by atoms with Gasteiger partial charge in [-0.25, -0.2) is 13.2 Å². The van der Waals surface area contributed by atoms with Crippen molar-refractivity contribution in [2.24, 2.45) is 0 Å². The van der Waals surface area contributed by atoms with Gasteiger partial charge in [-0.1, -0.05) is 25.6 Å². The fourth-order valence-corrected chi connectivity index (χ4v) is 6.84. The minimum absolute atomic E-state index is 0.00187. The number of thioether (sulfide) groups is 1. The average Bonchev–Trinajstić information content (AvgIpc) is 3.50. The number of aromatic nitrogens is 3. The highest BCUT2D eigenvalue weighted by Crippen LogP contribution is 2.25. The van der Waals surface area contributed by atoms with Crippen LogP contribution in [0.2, 0.25) is 0 Å². The van der Waals surface area contributed by atoms with E-state index in [0.717, 1.165) is 11.8 Å². The maximum absolute atomic E-state index is 13.0. The molecule has 0 fully saturated rings. The lowest BCUT2D eigenvalue weighted by molar-refractivity contribution is -0.113. The molecule has 0 saturated carbocycles. The van der Waals surface area contributed by atoms with Crippen LogP contribution in [0.1, 0.15) is 54.2 Å².